The smallest absolute Gasteiger partial charge is 0.167 e. The van der Waals surface area contributed by atoms with Crippen LogP contribution >= 0.6 is 0 Å². The molecule has 0 saturated heterocycles. The van der Waals surface area contributed by atoms with Crippen LogP contribution in [-0.2, 0) is 5.41 Å². The number of rotatable bonds is 3. The van der Waals surface area contributed by atoms with Gasteiger partial charge in [-0.1, -0.05) is 147 Å². The summed E-state index contributed by atoms with van der Waals surface area (Å²) in [4.78, 5) is 15.9. The minimum absolute atomic E-state index is 0.150. The molecule has 0 aliphatic heterocycles. The SMILES string of the molecule is CC1(C)c2ccccc2-c2c(-c3nc(-c4ccc5c6ccccc6c6ccccc6c5c4)nc(-c4cccc5c4oc4ccccc45)n3)cccc21. The number of hydrogen-bond acceptors (Lipinski definition) is 4. The summed E-state index contributed by atoms with van der Waals surface area (Å²) in [6.07, 6.45) is 0. The first-order valence-electron chi connectivity index (χ1n) is 17.8. The van der Waals surface area contributed by atoms with Gasteiger partial charge >= 0.3 is 0 Å². The van der Waals surface area contributed by atoms with Crippen LogP contribution in [0.1, 0.15) is 25.0 Å². The number of furan rings is 1. The molecule has 11 rings (SSSR count). The normalized spacial score (nSPS) is 13.3. The van der Waals surface area contributed by atoms with Gasteiger partial charge in [0.2, 0.25) is 0 Å². The number of aromatic nitrogens is 3. The predicted octanol–water partition coefficient (Wildman–Crippen LogP) is 12.5. The molecule has 0 saturated carbocycles. The van der Waals surface area contributed by atoms with E-state index < -0.39 is 0 Å². The van der Waals surface area contributed by atoms with E-state index in [9.17, 15) is 0 Å². The Hall–Kier alpha value is -6.65. The Morgan fingerprint density at radius 3 is 1.69 bits per heavy atom. The Balaban J connectivity index is 1.21. The van der Waals surface area contributed by atoms with E-state index in [2.05, 4.69) is 147 Å². The van der Waals surface area contributed by atoms with Crippen molar-refractivity contribution in [1.82, 2.24) is 15.0 Å². The Labute approximate surface area is 300 Å². The average molecular weight is 666 g/mol. The van der Waals surface area contributed by atoms with Crippen molar-refractivity contribution in [2.24, 2.45) is 0 Å². The Morgan fingerprint density at radius 1 is 0.404 bits per heavy atom. The third-order valence-electron chi connectivity index (χ3n) is 11.1. The fraction of sp³-hybridized carbons (Fsp3) is 0.0625. The molecule has 0 radical (unpaired) electrons. The van der Waals surface area contributed by atoms with Gasteiger partial charge in [0.25, 0.3) is 0 Å². The molecular formula is C48H31N3O. The van der Waals surface area contributed by atoms with Crippen LogP contribution in [0, 0.1) is 0 Å². The van der Waals surface area contributed by atoms with Gasteiger partial charge in [0.15, 0.2) is 17.5 Å². The topological polar surface area (TPSA) is 51.8 Å². The number of hydrogen-bond donors (Lipinski definition) is 0. The molecule has 2 aromatic heterocycles. The van der Waals surface area contributed by atoms with Gasteiger partial charge in [0, 0.05) is 27.3 Å². The second-order valence-electron chi connectivity index (χ2n) is 14.3. The maximum absolute atomic E-state index is 6.52. The van der Waals surface area contributed by atoms with Crippen molar-refractivity contribution in [3.05, 3.63) is 163 Å². The summed E-state index contributed by atoms with van der Waals surface area (Å²) in [7, 11) is 0. The molecule has 0 fully saturated rings. The molecular weight excluding hydrogens is 635 g/mol. The van der Waals surface area contributed by atoms with E-state index in [0.717, 1.165) is 38.6 Å². The van der Waals surface area contributed by atoms with Crippen molar-refractivity contribution in [3.63, 3.8) is 0 Å². The largest absolute Gasteiger partial charge is 0.455 e. The molecule has 1 aliphatic rings. The first-order valence-corrected chi connectivity index (χ1v) is 17.8. The molecule has 2 heterocycles. The zero-order valence-corrected chi connectivity index (χ0v) is 28.7. The van der Waals surface area contributed by atoms with Crippen LogP contribution < -0.4 is 0 Å². The van der Waals surface area contributed by atoms with Gasteiger partial charge in [-0.15, -0.1) is 0 Å². The van der Waals surface area contributed by atoms with Crippen molar-refractivity contribution in [2.45, 2.75) is 19.3 Å². The van der Waals surface area contributed by atoms with Crippen molar-refractivity contribution in [1.29, 1.82) is 0 Å². The van der Waals surface area contributed by atoms with Crippen LogP contribution in [-0.4, -0.2) is 15.0 Å². The standard InChI is InChI=1S/C48H31N3O/c1-48(2)40-22-9-7-18-36(40)43-37(20-12-23-41(43)48)46-49-45(50-47(51-46)38-21-11-19-35-34-17-8-10-24-42(34)52-44(35)38)28-25-26-33-31-15-4-3-13-29(31)30-14-5-6-16-32(30)39(33)27-28/h3-27H,1-2H3. The van der Waals surface area contributed by atoms with E-state index in [1.807, 2.05) is 18.2 Å². The molecule has 0 unspecified atom stereocenters. The zero-order valence-electron chi connectivity index (χ0n) is 28.7. The molecule has 1 aliphatic carbocycles. The predicted molar refractivity (Wildman–Crippen MR) is 213 cm³/mol. The minimum Gasteiger partial charge on any atom is -0.455 e. The Kier molecular flexibility index (Phi) is 5.98. The van der Waals surface area contributed by atoms with Crippen LogP contribution in [0.3, 0.4) is 0 Å². The second-order valence-corrected chi connectivity index (χ2v) is 14.3. The molecule has 0 atom stereocenters. The highest BCUT2D eigenvalue weighted by Gasteiger charge is 2.37. The number of para-hydroxylation sites is 2. The van der Waals surface area contributed by atoms with Gasteiger partial charge in [-0.25, -0.2) is 15.0 Å². The zero-order chi connectivity index (χ0) is 34.6. The van der Waals surface area contributed by atoms with E-state index in [-0.39, 0.29) is 5.41 Å². The third-order valence-corrected chi connectivity index (χ3v) is 11.1. The van der Waals surface area contributed by atoms with E-state index in [4.69, 9.17) is 19.4 Å². The lowest BCUT2D eigenvalue weighted by molar-refractivity contribution is 0.660. The summed E-state index contributed by atoms with van der Waals surface area (Å²) in [6, 6.07) is 53.6. The number of nitrogens with zero attached hydrogens (tertiary/aromatic N) is 3. The third kappa shape index (κ3) is 4.06. The van der Waals surface area contributed by atoms with Gasteiger partial charge in [-0.2, -0.15) is 0 Å². The quantitative estimate of drug-likeness (QED) is 0.176. The van der Waals surface area contributed by atoms with Crippen LogP contribution in [0.5, 0.6) is 0 Å². The highest BCUT2D eigenvalue weighted by molar-refractivity contribution is 6.25. The lowest BCUT2D eigenvalue weighted by atomic mass is 9.82. The Bertz CT molecular complexity index is 3080. The summed E-state index contributed by atoms with van der Waals surface area (Å²) >= 11 is 0. The van der Waals surface area contributed by atoms with Crippen molar-refractivity contribution in [3.8, 4) is 45.3 Å². The first kappa shape index (κ1) is 29.1. The van der Waals surface area contributed by atoms with E-state index >= 15 is 0 Å². The van der Waals surface area contributed by atoms with E-state index in [1.54, 1.807) is 0 Å². The molecule has 0 spiro atoms. The summed E-state index contributed by atoms with van der Waals surface area (Å²) in [5, 5.41) is 9.42. The lowest BCUT2D eigenvalue weighted by Gasteiger charge is -2.21. The molecule has 0 N–H and O–H groups in total. The van der Waals surface area contributed by atoms with Crippen LogP contribution in [0.15, 0.2) is 156 Å². The summed E-state index contributed by atoms with van der Waals surface area (Å²) in [6.45, 7) is 4.61. The van der Waals surface area contributed by atoms with Crippen molar-refractivity contribution in [2.75, 3.05) is 0 Å². The van der Waals surface area contributed by atoms with Crippen LogP contribution in [0.2, 0.25) is 0 Å². The maximum Gasteiger partial charge on any atom is 0.167 e. The Morgan fingerprint density at radius 2 is 0.923 bits per heavy atom. The molecule has 244 valence electrons. The van der Waals surface area contributed by atoms with Crippen LogP contribution in [0.4, 0.5) is 0 Å². The monoisotopic (exact) mass is 665 g/mol. The molecule has 0 bridgehead atoms. The lowest BCUT2D eigenvalue weighted by Crippen LogP contribution is -2.14. The van der Waals surface area contributed by atoms with Crippen LogP contribution in [0.25, 0.3) is 99.5 Å². The summed E-state index contributed by atoms with van der Waals surface area (Å²) in [5.74, 6) is 1.84. The molecule has 8 aromatic carbocycles. The van der Waals surface area contributed by atoms with Gasteiger partial charge in [-0.05, 0) is 72.8 Å². The molecule has 10 aromatic rings. The molecule has 0 amide bonds. The average Bonchev–Trinajstić information content (AvgIpc) is 3.70. The van der Waals surface area contributed by atoms with E-state index in [0.29, 0.717) is 17.5 Å². The van der Waals surface area contributed by atoms with Gasteiger partial charge in [0.1, 0.15) is 11.2 Å². The summed E-state index contributed by atoms with van der Waals surface area (Å²) in [5.41, 5.74) is 9.23. The molecule has 4 nitrogen and oxygen atoms in total. The van der Waals surface area contributed by atoms with Crippen molar-refractivity contribution >= 4 is 54.3 Å². The van der Waals surface area contributed by atoms with Gasteiger partial charge in [0.05, 0.1) is 5.56 Å². The van der Waals surface area contributed by atoms with Gasteiger partial charge < -0.3 is 4.42 Å². The minimum atomic E-state index is -0.150. The second kappa shape index (κ2) is 10.7. The fourth-order valence-electron chi connectivity index (χ4n) is 8.66. The van der Waals surface area contributed by atoms with E-state index in [1.165, 1.54) is 54.6 Å². The fourth-order valence-corrected chi connectivity index (χ4v) is 8.66. The maximum atomic E-state index is 6.52. The number of fused-ring (bicyclic) bond motifs is 12. The highest BCUT2D eigenvalue weighted by Crippen LogP contribution is 2.52. The number of benzene rings is 8. The van der Waals surface area contributed by atoms with Gasteiger partial charge in [-0.3, -0.25) is 0 Å². The van der Waals surface area contributed by atoms with Crippen molar-refractivity contribution < 1.29 is 4.42 Å². The highest BCUT2D eigenvalue weighted by atomic mass is 16.3. The first-order chi connectivity index (χ1) is 25.5. The molecule has 4 heteroatoms. The molecule has 52 heavy (non-hydrogen) atoms. The summed E-state index contributed by atoms with van der Waals surface area (Å²) < 4.78 is 6.52.